The van der Waals surface area contributed by atoms with Crippen LogP contribution >= 0.6 is 0 Å². The highest BCUT2D eigenvalue weighted by Crippen LogP contribution is 2.27. The molecule has 0 saturated carbocycles. The Morgan fingerprint density at radius 3 is 2.64 bits per heavy atom. The maximum atomic E-state index is 5.51. The second-order valence-corrected chi connectivity index (χ2v) is 7.40. The van der Waals surface area contributed by atoms with Crippen LogP contribution in [-0.4, -0.2) is 51.8 Å². The van der Waals surface area contributed by atoms with Crippen LogP contribution in [0.25, 0.3) is 11.4 Å². The van der Waals surface area contributed by atoms with Gasteiger partial charge in [-0.3, -0.25) is 4.98 Å². The van der Waals surface area contributed by atoms with E-state index in [0.29, 0.717) is 0 Å². The van der Waals surface area contributed by atoms with Gasteiger partial charge in [-0.2, -0.15) is 0 Å². The van der Waals surface area contributed by atoms with E-state index in [1.54, 1.807) is 0 Å². The Labute approximate surface area is 150 Å². The van der Waals surface area contributed by atoms with Crippen LogP contribution in [0.5, 0.6) is 0 Å². The molecule has 0 aromatic carbocycles. The van der Waals surface area contributed by atoms with Gasteiger partial charge in [0.1, 0.15) is 5.82 Å². The standard InChI is InChI=1S/C20H28N4O/c1-16-13-22-20(18-3-2-8-21-14-18)24(16)15-17-4-9-23(10-5-17)19-6-11-25-12-7-19/h2-3,8,13-14,17,19H,4-7,9-12,15H2,1H3. The van der Waals surface area contributed by atoms with Crippen molar-refractivity contribution in [2.75, 3.05) is 26.3 Å². The van der Waals surface area contributed by atoms with Crippen LogP contribution in [0.15, 0.2) is 30.7 Å². The summed E-state index contributed by atoms with van der Waals surface area (Å²) >= 11 is 0. The molecule has 0 radical (unpaired) electrons. The Morgan fingerprint density at radius 2 is 1.92 bits per heavy atom. The summed E-state index contributed by atoms with van der Waals surface area (Å²) in [6, 6.07) is 4.82. The molecule has 0 aliphatic carbocycles. The molecule has 5 heteroatoms. The minimum atomic E-state index is 0.736. The van der Waals surface area contributed by atoms with Crippen LogP contribution in [0.4, 0.5) is 0 Å². The molecule has 0 N–H and O–H groups in total. The molecule has 25 heavy (non-hydrogen) atoms. The number of pyridine rings is 1. The van der Waals surface area contributed by atoms with Crippen LogP contribution in [0, 0.1) is 12.8 Å². The van der Waals surface area contributed by atoms with E-state index in [4.69, 9.17) is 4.74 Å². The summed E-state index contributed by atoms with van der Waals surface area (Å²) in [5.41, 5.74) is 2.35. The minimum Gasteiger partial charge on any atom is -0.381 e. The zero-order valence-electron chi connectivity index (χ0n) is 15.1. The summed E-state index contributed by atoms with van der Waals surface area (Å²) in [6.07, 6.45) is 10.7. The van der Waals surface area contributed by atoms with Crippen molar-refractivity contribution in [3.63, 3.8) is 0 Å². The Hall–Kier alpha value is -1.72. The van der Waals surface area contributed by atoms with Crippen molar-refractivity contribution in [3.05, 3.63) is 36.4 Å². The molecule has 0 atom stereocenters. The number of likely N-dealkylation sites (tertiary alicyclic amines) is 1. The molecule has 134 valence electrons. The molecule has 4 rings (SSSR count). The first kappa shape index (κ1) is 16.7. The monoisotopic (exact) mass is 340 g/mol. The van der Waals surface area contributed by atoms with Crippen LogP contribution in [-0.2, 0) is 11.3 Å². The lowest BCUT2D eigenvalue weighted by Crippen LogP contribution is -2.44. The van der Waals surface area contributed by atoms with Gasteiger partial charge >= 0.3 is 0 Å². The van der Waals surface area contributed by atoms with Crippen molar-refractivity contribution in [3.8, 4) is 11.4 Å². The van der Waals surface area contributed by atoms with Crippen molar-refractivity contribution in [2.45, 2.75) is 45.2 Å². The molecule has 2 saturated heterocycles. The van der Waals surface area contributed by atoms with Crippen molar-refractivity contribution < 1.29 is 4.74 Å². The smallest absolute Gasteiger partial charge is 0.141 e. The van der Waals surface area contributed by atoms with Crippen molar-refractivity contribution in [1.82, 2.24) is 19.4 Å². The van der Waals surface area contributed by atoms with Crippen molar-refractivity contribution in [1.29, 1.82) is 0 Å². The maximum absolute atomic E-state index is 5.51. The summed E-state index contributed by atoms with van der Waals surface area (Å²) in [5.74, 6) is 1.79. The molecule has 2 aromatic rings. The Morgan fingerprint density at radius 1 is 1.12 bits per heavy atom. The average molecular weight is 340 g/mol. The largest absolute Gasteiger partial charge is 0.381 e. The number of piperidine rings is 1. The number of rotatable bonds is 4. The normalized spacial score (nSPS) is 20.8. The number of imidazole rings is 1. The minimum absolute atomic E-state index is 0.736. The van der Waals surface area contributed by atoms with Gasteiger partial charge in [0.15, 0.2) is 0 Å². The van der Waals surface area contributed by atoms with E-state index in [2.05, 4.69) is 32.4 Å². The Kier molecular flexibility index (Phi) is 5.13. The fourth-order valence-corrected chi connectivity index (χ4v) is 4.23. The highest BCUT2D eigenvalue weighted by Gasteiger charge is 2.27. The molecule has 2 aliphatic rings. The van der Waals surface area contributed by atoms with E-state index in [1.165, 1.54) is 44.5 Å². The van der Waals surface area contributed by atoms with Gasteiger partial charge < -0.3 is 14.2 Å². The van der Waals surface area contributed by atoms with Crippen LogP contribution in [0.2, 0.25) is 0 Å². The summed E-state index contributed by atoms with van der Waals surface area (Å²) in [5, 5.41) is 0. The molecule has 0 amide bonds. The first-order chi connectivity index (χ1) is 12.3. The van der Waals surface area contributed by atoms with Gasteiger partial charge in [-0.1, -0.05) is 0 Å². The van der Waals surface area contributed by atoms with Crippen molar-refractivity contribution in [2.24, 2.45) is 5.92 Å². The summed E-state index contributed by atoms with van der Waals surface area (Å²) in [6.45, 7) is 7.55. The number of hydrogen-bond acceptors (Lipinski definition) is 4. The van der Waals surface area contributed by atoms with E-state index in [9.17, 15) is 0 Å². The molecule has 0 bridgehead atoms. The van der Waals surface area contributed by atoms with Crippen molar-refractivity contribution >= 4 is 0 Å². The highest BCUT2D eigenvalue weighted by molar-refractivity contribution is 5.54. The number of ether oxygens (including phenoxy) is 1. The molecule has 4 heterocycles. The molecule has 2 aromatic heterocycles. The predicted molar refractivity (Wildman–Crippen MR) is 98.3 cm³/mol. The summed E-state index contributed by atoms with van der Waals surface area (Å²) in [7, 11) is 0. The second kappa shape index (κ2) is 7.67. The topological polar surface area (TPSA) is 43.2 Å². The third-order valence-electron chi connectivity index (χ3n) is 5.77. The van der Waals surface area contributed by atoms with Gasteiger partial charge in [0.05, 0.1) is 0 Å². The molecular weight excluding hydrogens is 312 g/mol. The van der Waals surface area contributed by atoms with Gasteiger partial charge in [-0.15, -0.1) is 0 Å². The predicted octanol–water partition coefficient (Wildman–Crippen LogP) is 3.14. The lowest BCUT2D eigenvalue weighted by molar-refractivity contribution is 0.0200. The number of aromatic nitrogens is 3. The quantitative estimate of drug-likeness (QED) is 0.857. The molecule has 2 fully saturated rings. The van der Waals surface area contributed by atoms with Gasteiger partial charge in [0.25, 0.3) is 0 Å². The Balaban J connectivity index is 1.40. The van der Waals surface area contributed by atoms with Gasteiger partial charge in [-0.25, -0.2) is 4.98 Å². The molecule has 0 spiro atoms. The zero-order chi connectivity index (χ0) is 17.1. The number of hydrogen-bond donors (Lipinski definition) is 0. The van der Waals surface area contributed by atoms with Gasteiger partial charge in [-0.05, 0) is 63.7 Å². The van der Waals surface area contributed by atoms with Crippen LogP contribution in [0.3, 0.4) is 0 Å². The average Bonchev–Trinajstić information content (AvgIpc) is 3.04. The first-order valence-electron chi connectivity index (χ1n) is 9.55. The van der Waals surface area contributed by atoms with E-state index >= 15 is 0 Å². The van der Waals surface area contributed by atoms with Crippen LogP contribution < -0.4 is 0 Å². The lowest BCUT2D eigenvalue weighted by Gasteiger charge is -2.39. The second-order valence-electron chi connectivity index (χ2n) is 7.40. The molecular formula is C20H28N4O. The number of nitrogens with zero attached hydrogens (tertiary/aromatic N) is 4. The maximum Gasteiger partial charge on any atom is 0.141 e. The highest BCUT2D eigenvalue weighted by atomic mass is 16.5. The van der Waals surface area contributed by atoms with Crippen LogP contribution in [0.1, 0.15) is 31.4 Å². The third kappa shape index (κ3) is 3.77. The summed E-state index contributed by atoms with van der Waals surface area (Å²) in [4.78, 5) is 11.6. The fraction of sp³-hybridized carbons (Fsp3) is 0.600. The Bertz CT molecular complexity index is 670. The third-order valence-corrected chi connectivity index (χ3v) is 5.77. The van der Waals surface area contributed by atoms with E-state index in [1.807, 2.05) is 24.7 Å². The SMILES string of the molecule is Cc1cnc(-c2cccnc2)n1CC1CCN(C2CCOCC2)CC1. The lowest BCUT2D eigenvalue weighted by atomic mass is 9.94. The summed E-state index contributed by atoms with van der Waals surface area (Å²) < 4.78 is 7.89. The van der Waals surface area contributed by atoms with E-state index in [-0.39, 0.29) is 0 Å². The van der Waals surface area contributed by atoms with E-state index < -0.39 is 0 Å². The fourth-order valence-electron chi connectivity index (χ4n) is 4.23. The van der Waals surface area contributed by atoms with E-state index in [0.717, 1.165) is 43.1 Å². The van der Waals surface area contributed by atoms with Gasteiger partial charge in [0, 0.05) is 55.6 Å². The molecule has 0 unspecified atom stereocenters. The molecule has 2 aliphatic heterocycles. The number of aryl methyl sites for hydroxylation is 1. The molecule has 5 nitrogen and oxygen atoms in total. The zero-order valence-corrected chi connectivity index (χ0v) is 15.1. The van der Waals surface area contributed by atoms with Gasteiger partial charge in [0.2, 0.25) is 0 Å². The first-order valence-corrected chi connectivity index (χ1v) is 9.55.